The van der Waals surface area contributed by atoms with E-state index in [1.54, 1.807) is 6.08 Å². The molecule has 0 radical (unpaired) electrons. The van der Waals surface area contributed by atoms with Crippen LogP contribution in [0.2, 0.25) is 0 Å². The number of carbonyl (C=O) groups is 2. The van der Waals surface area contributed by atoms with Crippen molar-refractivity contribution in [2.24, 2.45) is 0 Å². The zero-order valence-electron chi connectivity index (χ0n) is 10.1. The molecule has 0 bridgehead atoms. The number of methoxy groups -OCH3 is 1. The van der Waals surface area contributed by atoms with E-state index in [9.17, 15) is 14.7 Å². The Hall–Kier alpha value is -1.58. The molecule has 0 aromatic heterocycles. The Balaban J connectivity index is 2.21. The van der Waals surface area contributed by atoms with E-state index in [1.165, 1.54) is 7.11 Å². The van der Waals surface area contributed by atoms with Crippen LogP contribution in [0.5, 0.6) is 0 Å². The molecule has 0 atom stereocenters. The third kappa shape index (κ3) is 4.43. The van der Waals surface area contributed by atoms with Gasteiger partial charge in [0.2, 0.25) is 0 Å². The van der Waals surface area contributed by atoms with Gasteiger partial charge in [0.25, 0.3) is 0 Å². The van der Waals surface area contributed by atoms with Crippen LogP contribution in [-0.2, 0) is 14.3 Å². The molecule has 0 amide bonds. The van der Waals surface area contributed by atoms with E-state index in [4.69, 9.17) is 0 Å². The lowest BCUT2D eigenvalue weighted by atomic mass is 10.1. The van der Waals surface area contributed by atoms with E-state index in [0.717, 1.165) is 19.3 Å². The van der Waals surface area contributed by atoms with Crippen molar-refractivity contribution in [1.82, 2.24) is 0 Å². The summed E-state index contributed by atoms with van der Waals surface area (Å²) in [6.45, 7) is 0. The predicted molar refractivity (Wildman–Crippen MR) is 63.5 cm³/mol. The topological polar surface area (TPSA) is 63.6 Å². The minimum atomic E-state index is -0.194. The van der Waals surface area contributed by atoms with Gasteiger partial charge in [0.15, 0.2) is 5.78 Å². The van der Waals surface area contributed by atoms with Crippen molar-refractivity contribution in [3.63, 3.8) is 0 Å². The highest BCUT2D eigenvalue weighted by Gasteiger charge is 2.19. The average molecular weight is 238 g/mol. The molecule has 4 nitrogen and oxygen atoms in total. The van der Waals surface area contributed by atoms with Gasteiger partial charge in [0, 0.05) is 19.3 Å². The number of aliphatic hydroxyl groups excluding tert-OH is 1. The smallest absolute Gasteiger partial charge is 0.305 e. The molecule has 0 aromatic carbocycles. The van der Waals surface area contributed by atoms with Gasteiger partial charge in [-0.15, -0.1) is 0 Å². The summed E-state index contributed by atoms with van der Waals surface area (Å²) in [5, 5.41) is 9.41. The maximum atomic E-state index is 11.3. The van der Waals surface area contributed by atoms with Gasteiger partial charge in [-0.05, 0) is 19.3 Å². The molecule has 1 aliphatic carbocycles. The van der Waals surface area contributed by atoms with Crippen molar-refractivity contribution in [3.05, 3.63) is 23.5 Å². The lowest BCUT2D eigenvalue weighted by molar-refractivity contribution is -0.140. The molecule has 0 aliphatic heterocycles. The summed E-state index contributed by atoms with van der Waals surface area (Å²) in [5.74, 6) is 0.00873. The van der Waals surface area contributed by atoms with Gasteiger partial charge < -0.3 is 9.84 Å². The van der Waals surface area contributed by atoms with E-state index < -0.39 is 0 Å². The highest BCUT2D eigenvalue weighted by molar-refractivity contribution is 6.00. The van der Waals surface area contributed by atoms with Crippen LogP contribution >= 0.6 is 0 Å². The quantitative estimate of drug-likeness (QED) is 0.570. The summed E-state index contributed by atoms with van der Waals surface area (Å²) in [6.07, 6.45) is 7.28. The van der Waals surface area contributed by atoms with E-state index in [1.807, 2.05) is 6.08 Å². The number of rotatable bonds is 6. The number of allylic oxidation sites excluding steroid dienone is 4. The van der Waals surface area contributed by atoms with Crippen LogP contribution in [0.3, 0.4) is 0 Å². The molecule has 0 saturated carbocycles. The summed E-state index contributed by atoms with van der Waals surface area (Å²) in [6, 6.07) is 0. The molecular formula is C13H18O4. The van der Waals surface area contributed by atoms with Crippen molar-refractivity contribution < 1.29 is 19.4 Å². The van der Waals surface area contributed by atoms with Crippen molar-refractivity contribution in [3.8, 4) is 0 Å². The number of esters is 1. The third-order valence-corrected chi connectivity index (χ3v) is 2.71. The maximum absolute atomic E-state index is 11.3. The number of hydrogen-bond donors (Lipinski definition) is 1. The van der Waals surface area contributed by atoms with Crippen LogP contribution in [0.15, 0.2) is 23.5 Å². The fourth-order valence-corrected chi connectivity index (χ4v) is 1.69. The Morgan fingerprint density at radius 3 is 2.76 bits per heavy atom. The van der Waals surface area contributed by atoms with Gasteiger partial charge in [-0.3, -0.25) is 9.59 Å². The molecule has 0 fully saturated rings. The van der Waals surface area contributed by atoms with Crippen LogP contribution in [0.4, 0.5) is 0 Å². The average Bonchev–Trinajstić information content (AvgIpc) is 2.64. The van der Waals surface area contributed by atoms with Crippen molar-refractivity contribution in [1.29, 1.82) is 0 Å². The van der Waals surface area contributed by atoms with E-state index in [2.05, 4.69) is 4.74 Å². The number of hydrogen-bond acceptors (Lipinski definition) is 4. The van der Waals surface area contributed by atoms with E-state index in [0.29, 0.717) is 24.8 Å². The second kappa shape index (κ2) is 6.89. The monoisotopic (exact) mass is 238 g/mol. The first-order chi connectivity index (χ1) is 8.15. The van der Waals surface area contributed by atoms with Crippen LogP contribution < -0.4 is 0 Å². The van der Waals surface area contributed by atoms with Crippen LogP contribution in [0.1, 0.15) is 38.5 Å². The summed E-state index contributed by atoms with van der Waals surface area (Å²) in [5.41, 5.74) is 0.443. The standard InChI is InChI=1S/C13H18O4/c1-17-13(16)7-5-3-2-4-6-10-11(14)8-9-12(10)15/h4,6,14H,2-3,5,7-9H2,1H3. The molecule has 0 spiro atoms. The fourth-order valence-electron chi connectivity index (χ4n) is 1.69. The molecule has 0 aromatic rings. The van der Waals surface area contributed by atoms with Gasteiger partial charge in [-0.1, -0.05) is 12.2 Å². The number of aliphatic hydroxyl groups is 1. The first-order valence-electron chi connectivity index (χ1n) is 5.84. The SMILES string of the molecule is COC(=O)CCCCC=CC1=C(O)CCC1=O. The summed E-state index contributed by atoms with van der Waals surface area (Å²) in [7, 11) is 1.38. The maximum Gasteiger partial charge on any atom is 0.305 e. The minimum absolute atomic E-state index is 0.00770. The van der Waals surface area contributed by atoms with E-state index >= 15 is 0 Å². The van der Waals surface area contributed by atoms with Gasteiger partial charge in [-0.2, -0.15) is 0 Å². The number of Topliss-reactive ketones (excluding diaryl/α,β-unsaturated/α-hetero) is 1. The van der Waals surface area contributed by atoms with Crippen LogP contribution in [0, 0.1) is 0 Å². The number of unbranched alkanes of at least 4 members (excludes halogenated alkanes) is 2. The highest BCUT2D eigenvalue weighted by atomic mass is 16.5. The second-order valence-electron chi connectivity index (χ2n) is 4.01. The highest BCUT2D eigenvalue weighted by Crippen LogP contribution is 2.21. The number of ketones is 1. The Morgan fingerprint density at radius 1 is 1.41 bits per heavy atom. The molecule has 0 saturated heterocycles. The first kappa shape index (κ1) is 13.5. The van der Waals surface area contributed by atoms with Crippen LogP contribution in [-0.4, -0.2) is 24.0 Å². The zero-order chi connectivity index (χ0) is 12.7. The fraction of sp³-hybridized carbons (Fsp3) is 0.538. The molecule has 1 rings (SSSR count). The minimum Gasteiger partial charge on any atom is -0.512 e. The number of carbonyl (C=O) groups excluding carboxylic acids is 2. The zero-order valence-corrected chi connectivity index (χ0v) is 10.1. The molecular weight excluding hydrogens is 220 g/mol. The summed E-state index contributed by atoms with van der Waals surface area (Å²) >= 11 is 0. The molecule has 4 heteroatoms. The number of ether oxygens (including phenoxy) is 1. The van der Waals surface area contributed by atoms with Gasteiger partial charge in [-0.25, -0.2) is 0 Å². The Kier molecular flexibility index (Phi) is 5.46. The first-order valence-corrected chi connectivity index (χ1v) is 5.84. The van der Waals surface area contributed by atoms with Gasteiger partial charge in [0.1, 0.15) is 5.76 Å². The van der Waals surface area contributed by atoms with E-state index in [-0.39, 0.29) is 17.5 Å². The van der Waals surface area contributed by atoms with Gasteiger partial charge in [0.05, 0.1) is 12.7 Å². The molecule has 94 valence electrons. The molecule has 0 unspecified atom stereocenters. The Morgan fingerprint density at radius 2 is 2.18 bits per heavy atom. The van der Waals surface area contributed by atoms with Gasteiger partial charge >= 0.3 is 5.97 Å². The second-order valence-corrected chi connectivity index (χ2v) is 4.01. The Bertz CT molecular complexity index is 352. The molecule has 17 heavy (non-hydrogen) atoms. The van der Waals surface area contributed by atoms with Crippen molar-refractivity contribution in [2.45, 2.75) is 38.5 Å². The lowest BCUT2D eigenvalue weighted by Crippen LogP contribution is -1.98. The lowest BCUT2D eigenvalue weighted by Gasteiger charge is -1.97. The molecule has 1 aliphatic rings. The van der Waals surface area contributed by atoms with Crippen molar-refractivity contribution in [2.75, 3.05) is 7.11 Å². The molecule has 1 N–H and O–H groups in total. The largest absolute Gasteiger partial charge is 0.512 e. The third-order valence-electron chi connectivity index (χ3n) is 2.71. The summed E-state index contributed by atoms with van der Waals surface area (Å²) < 4.78 is 4.52. The van der Waals surface area contributed by atoms with Crippen LogP contribution in [0.25, 0.3) is 0 Å². The predicted octanol–water partition coefficient (Wildman–Crippen LogP) is 2.45. The normalized spacial score (nSPS) is 15.9. The Labute approximate surface area is 101 Å². The summed E-state index contributed by atoms with van der Waals surface area (Å²) in [4.78, 5) is 22.1. The van der Waals surface area contributed by atoms with Crippen molar-refractivity contribution >= 4 is 11.8 Å². The molecule has 0 heterocycles.